The minimum absolute atomic E-state index is 0.00812. The number of anilines is 1. The molecule has 2 saturated carbocycles. The fourth-order valence-corrected chi connectivity index (χ4v) is 11.0. The highest BCUT2D eigenvalue weighted by molar-refractivity contribution is 14.1. The Balaban J connectivity index is 1.41. The van der Waals surface area contributed by atoms with Gasteiger partial charge in [-0.05, 0) is 131 Å². The van der Waals surface area contributed by atoms with Crippen molar-refractivity contribution < 1.29 is 28.5 Å². The summed E-state index contributed by atoms with van der Waals surface area (Å²) in [5.74, 6) is 1.72. The fraction of sp³-hybridized carbons (Fsp3) is 0.577. The summed E-state index contributed by atoms with van der Waals surface area (Å²) >= 11 is 5.78. The van der Waals surface area contributed by atoms with Gasteiger partial charge < -0.3 is 14.7 Å². The third-order valence-electron chi connectivity index (χ3n) is 8.77. The molecule has 3 aliphatic carbocycles. The van der Waals surface area contributed by atoms with Crippen LogP contribution in [-0.2, 0) is 20.6 Å². The molecule has 0 radical (unpaired) electrons. The number of phosphoric acid groups is 1. The number of oxime groups is 1. The van der Waals surface area contributed by atoms with E-state index in [0.717, 1.165) is 58.2 Å². The van der Waals surface area contributed by atoms with Crippen molar-refractivity contribution in [3.05, 3.63) is 35.4 Å². The topological polar surface area (TPSA) is 130 Å². The van der Waals surface area contributed by atoms with E-state index in [1.54, 1.807) is 13.3 Å². The van der Waals surface area contributed by atoms with Crippen LogP contribution in [0.4, 0.5) is 5.13 Å². The van der Waals surface area contributed by atoms with Crippen molar-refractivity contribution in [1.82, 2.24) is 4.98 Å². The average Bonchev–Trinajstić information content (AvgIpc) is 3.39. The van der Waals surface area contributed by atoms with Crippen LogP contribution in [0.25, 0.3) is 0 Å². The summed E-state index contributed by atoms with van der Waals surface area (Å²) in [6, 6.07) is 2.07. The number of hydrogen-bond acceptors (Lipinski definition) is 7. The smallest absolute Gasteiger partial charge is 0.402 e. The highest BCUT2D eigenvalue weighted by Crippen LogP contribution is 2.63. The predicted molar refractivity (Wildman–Crippen MR) is 167 cm³/mol. The first kappa shape index (κ1) is 29.7. The molecule has 0 saturated heterocycles. The van der Waals surface area contributed by atoms with Crippen molar-refractivity contribution in [2.75, 3.05) is 12.4 Å². The number of thiazole rings is 1. The summed E-state index contributed by atoms with van der Waals surface area (Å²) < 4.78 is 18.2. The molecule has 3 unspecified atom stereocenters. The van der Waals surface area contributed by atoms with Crippen molar-refractivity contribution in [2.45, 2.75) is 64.7 Å². The predicted octanol–water partition coefficient (Wildman–Crippen LogP) is 6.64. The molecule has 5 rings (SSSR count). The lowest BCUT2D eigenvalue weighted by Gasteiger charge is -2.50. The van der Waals surface area contributed by atoms with Gasteiger partial charge in [-0.1, -0.05) is 12.1 Å². The second-order valence-corrected chi connectivity index (χ2v) is 15.6. The summed E-state index contributed by atoms with van der Waals surface area (Å²) in [7, 11) is -3.06. The zero-order valence-electron chi connectivity index (χ0n) is 21.9. The number of phosphoric ester groups is 1. The minimum atomic E-state index is -4.66. The summed E-state index contributed by atoms with van der Waals surface area (Å²) in [4.78, 5) is 42.3. The maximum absolute atomic E-state index is 12.8. The number of nitrogens with one attached hydrogen (secondary N) is 1. The van der Waals surface area contributed by atoms with Gasteiger partial charge >= 0.3 is 7.82 Å². The fourth-order valence-electron chi connectivity index (χ4n) is 7.34. The molecule has 0 aliphatic heterocycles. The third-order valence-corrected chi connectivity index (χ3v) is 12.0. The van der Waals surface area contributed by atoms with Crippen molar-refractivity contribution in [3.8, 4) is 5.75 Å². The average molecular weight is 799 g/mol. The van der Waals surface area contributed by atoms with Crippen LogP contribution in [0.15, 0.2) is 17.4 Å². The monoisotopic (exact) mass is 799 g/mol. The Morgan fingerprint density at radius 3 is 2.79 bits per heavy atom. The Morgan fingerprint density at radius 2 is 2.13 bits per heavy atom. The van der Waals surface area contributed by atoms with Crippen molar-refractivity contribution >= 4 is 81.1 Å². The van der Waals surface area contributed by atoms with Crippen molar-refractivity contribution in [3.63, 3.8) is 0 Å². The Morgan fingerprint density at radius 1 is 1.36 bits per heavy atom. The molecule has 0 bridgehead atoms. The standard InChI is InChI=1S/C26H32I2N3O6PS/c1-13-12-29-25(39-13)30-21(32)7-4-14-10-20(31-36-3)26(2)9-8-15-16(22(14)26)5-6-17-18(15)11-19(27)24(23(17)28)37-38(33,34)35/h11-12,14-16,22H,4-10H2,1-3H3,(H,29,30,32)(H2,33,34,35)/b31-20+/t14-,15?,16?,22?,26-/m1/s1. The normalized spacial score (nSPS) is 28.9. The molecule has 13 heteroatoms. The first-order valence-corrected chi connectivity index (χ1v) is 17.5. The lowest BCUT2D eigenvalue weighted by molar-refractivity contribution is -0.116. The Bertz CT molecular complexity index is 1360. The first-order chi connectivity index (χ1) is 18.4. The number of fused-ring (bicyclic) bond motifs is 5. The Kier molecular flexibility index (Phi) is 8.73. The van der Waals surface area contributed by atoms with Crippen LogP contribution in [-0.4, -0.2) is 33.5 Å². The Hall–Kier alpha value is -0.800. The van der Waals surface area contributed by atoms with E-state index in [1.807, 2.05) is 6.92 Å². The lowest BCUT2D eigenvalue weighted by Crippen LogP contribution is -2.44. The van der Waals surface area contributed by atoms with Gasteiger partial charge in [-0.2, -0.15) is 0 Å². The SMILES string of the molecule is CO/N=C1\C[C@@H](CCC(=O)Nc2ncc(C)s2)C2C3CCc4c(cc(I)c(OP(=O)(O)O)c4I)C3CC[C@]12C. The first-order valence-electron chi connectivity index (χ1n) is 13.0. The van der Waals surface area contributed by atoms with Gasteiger partial charge in [0.2, 0.25) is 5.91 Å². The van der Waals surface area contributed by atoms with Crippen molar-refractivity contribution in [2.24, 2.45) is 28.3 Å². The zero-order valence-corrected chi connectivity index (χ0v) is 28.0. The molecule has 212 valence electrons. The van der Waals surface area contributed by atoms with Crippen LogP contribution in [0.2, 0.25) is 0 Å². The van der Waals surface area contributed by atoms with E-state index in [2.05, 4.69) is 73.6 Å². The van der Waals surface area contributed by atoms with E-state index in [-0.39, 0.29) is 17.1 Å². The number of amides is 1. The molecular formula is C26H32I2N3O6PS. The number of carbonyl (C=O) groups excluding carboxylic acids is 1. The number of nitrogens with zero attached hydrogens (tertiary/aromatic N) is 2. The number of aromatic nitrogens is 1. The molecule has 1 amide bonds. The maximum Gasteiger partial charge on any atom is 0.524 e. The molecule has 2 fully saturated rings. The van der Waals surface area contributed by atoms with E-state index < -0.39 is 7.82 Å². The number of rotatable bonds is 7. The molecule has 1 aromatic carbocycles. The molecular weight excluding hydrogens is 767 g/mol. The molecule has 39 heavy (non-hydrogen) atoms. The largest absolute Gasteiger partial charge is 0.524 e. The highest BCUT2D eigenvalue weighted by atomic mass is 127. The summed E-state index contributed by atoms with van der Waals surface area (Å²) in [5.41, 5.74) is 3.44. The van der Waals surface area contributed by atoms with Gasteiger partial charge in [0.1, 0.15) is 7.11 Å². The number of hydrogen-bond donors (Lipinski definition) is 3. The number of aryl methyl sites for hydroxylation is 1. The highest BCUT2D eigenvalue weighted by Gasteiger charge is 2.58. The van der Waals surface area contributed by atoms with Gasteiger partial charge in [0, 0.05) is 22.9 Å². The molecule has 0 spiro atoms. The summed E-state index contributed by atoms with van der Waals surface area (Å²) in [6.07, 6.45) is 7.60. The van der Waals surface area contributed by atoms with E-state index >= 15 is 0 Å². The number of benzene rings is 1. The van der Waals surface area contributed by atoms with Gasteiger partial charge in [-0.15, -0.1) is 11.3 Å². The van der Waals surface area contributed by atoms with Gasteiger partial charge in [0.25, 0.3) is 0 Å². The molecule has 3 aliphatic rings. The summed E-state index contributed by atoms with van der Waals surface area (Å²) in [6.45, 7) is 4.29. The van der Waals surface area contributed by atoms with Crippen LogP contribution in [0.3, 0.4) is 0 Å². The van der Waals surface area contributed by atoms with E-state index in [1.165, 1.54) is 16.9 Å². The van der Waals surface area contributed by atoms with E-state index in [4.69, 9.17) is 9.36 Å². The maximum atomic E-state index is 12.8. The number of carbonyl (C=O) groups is 1. The zero-order chi connectivity index (χ0) is 28.1. The van der Waals surface area contributed by atoms with Crippen LogP contribution < -0.4 is 9.84 Å². The second kappa shape index (κ2) is 11.5. The van der Waals surface area contributed by atoms with Crippen LogP contribution in [0.5, 0.6) is 5.75 Å². The number of halogens is 2. The molecule has 3 N–H and O–H groups in total. The van der Waals surface area contributed by atoms with E-state index in [0.29, 0.717) is 38.8 Å². The van der Waals surface area contributed by atoms with Gasteiger partial charge in [-0.3, -0.25) is 14.6 Å². The van der Waals surface area contributed by atoms with Crippen molar-refractivity contribution in [1.29, 1.82) is 0 Å². The molecule has 1 aromatic heterocycles. The minimum Gasteiger partial charge on any atom is -0.402 e. The molecule has 1 heterocycles. The molecule has 5 atom stereocenters. The molecule has 2 aromatic rings. The lowest BCUT2D eigenvalue weighted by atomic mass is 9.54. The third kappa shape index (κ3) is 5.93. The molecule has 9 nitrogen and oxygen atoms in total. The van der Waals surface area contributed by atoms with E-state index in [9.17, 15) is 19.1 Å². The second-order valence-electron chi connectivity index (χ2n) is 11.0. The van der Waals surface area contributed by atoms with Gasteiger partial charge in [0.05, 0.1) is 12.9 Å². The Labute approximate surface area is 259 Å². The summed E-state index contributed by atoms with van der Waals surface area (Å²) in [5, 5.41) is 8.09. The van der Waals surface area contributed by atoms with Gasteiger partial charge in [-0.25, -0.2) is 9.55 Å². The quantitative estimate of drug-likeness (QED) is 0.163. The van der Waals surface area contributed by atoms with Crippen LogP contribution in [0.1, 0.15) is 67.4 Å². The van der Waals surface area contributed by atoms with Gasteiger partial charge in [0.15, 0.2) is 10.9 Å². The van der Waals surface area contributed by atoms with Crippen LogP contribution >= 0.6 is 64.3 Å². The van der Waals surface area contributed by atoms with Crippen LogP contribution in [0, 0.1) is 37.2 Å².